The van der Waals surface area contributed by atoms with Crippen LogP contribution >= 0.6 is 0 Å². The summed E-state index contributed by atoms with van der Waals surface area (Å²) in [6.07, 6.45) is 2.03. The van der Waals surface area contributed by atoms with E-state index in [0.29, 0.717) is 38.3 Å². The SMILES string of the molecule is COc1ccccc1S(=O)(=O)N(Cc1ccc2c(c1)CCO2)C1CCN(C(C)=O)CC1. The molecule has 4 rings (SSSR count). The summed E-state index contributed by atoms with van der Waals surface area (Å²) in [5, 5.41) is 0. The van der Waals surface area contributed by atoms with Crippen molar-refractivity contribution in [1.29, 1.82) is 0 Å². The fourth-order valence-electron chi connectivity index (χ4n) is 4.36. The molecule has 0 saturated carbocycles. The molecule has 2 aliphatic rings. The minimum atomic E-state index is -3.82. The highest BCUT2D eigenvalue weighted by Gasteiger charge is 2.36. The third-order valence-electron chi connectivity index (χ3n) is 6.07. The predicted molar refractivity (Wildman–Crippen MR) is 117 cm³/mol. The highest BCUT2D eigenvalue weighted by atomic mass is 32.2. The predicted octanol–water partition coefficient (Wildman–Crippen LogP) is 2.83. The number of fused-ring (bicyclic) bond motifs is 1. The molecule has 7 nitrogen and oxygen atoms in total. The standard InChI is InChI=1S/C23H28N2O5S/c1-17(26)24-12-9-20(10-13-24)25(16-18-7-8-21-19(15-18)11-14-30-21)31(27,28)23-6-4-3-5-22(23)29-2/h3-8,15,20H,9-14,16H2,1-2H3. The zero-order valence-electron chi connectivity index (χ0n) is 17.9. The highest BCUT2D eigenvalue weighted by molar-refractivity contribution is 7.89. The average Bonchev–Trinajstić information content (AvgIpc) is 3.25. The summed E-state index contributed by atoms with van der Waals surface area (Å²) in [7, 11) is -2.34. The summed E-state index contributed by atoms with van der Waals surface area (Å²) in [6, 6.07) is 12.4. The number of carbonyl (C=O) groups is 1. The lowest BCUT2D eigenvalue weighted by atomic mass is 10.0. The zero-order chi connectivity index (χ0) is 22.0. The first kappa shape index (κ1) is 21.6. The number of hydrogen-bond donors (Lipinski definition) is 0. The molecule has 8 heteroatoms. The number of amides is 1. The number of sulfonamides is 1. The summed E-state index contributed by atoms with van der Waals surface area (Å²) >= 11 is 0. The lowest BCUT2D eigenvalue weighted by molar-refractivity contribution is -0.130. The van der Waals surface area contributed by atoms with Gasteiger partial charge in [0, 0.05) is 39.0 Å². The van der Waals surface area contributed by atoms with Gasteiger partial charge in [-0.3, -0.25) is 4.79 Å². The first-order valence-corrected chi connectivity index (χ1v) is 12.0. The summed E-state index contributed by atoms with van der Waals surface area (Å²) in [5.74, 6) is 1.23. The lowest BCUT2D eigenvalue weighted by Gasteiger charge is -2.37. The minimum Gasteiger partial charge on any atom is -0.495 e. The maximum Gasteiger partial charge on any atom is 0.247 e. The van der Waals surface area contributed by atoms with Crippen LogP contribution in [-0.2, 0) is 27.8 Å². The monoisotopic (exact) mass is 444 g/mol. The van der Waals surface area contributed by atoms with E-state index in [-0.39, 0.29) is 23.4 Å². The fourth-order valence-corrected chi connectivity index (χ4v) is 6.19. The molecule has 0 unspecified atom stereocenters. The number of para-hydroxylation sites is 1. The zero-order valence-corrected chi connectivity index (χ0v) is 18.7. The van der Waals surface area contributed by atoms with Crippen LogP contribution in [0.1, 0.15) is 30.9 Å². The van der Waals surface area contributed by atoms with E-state index in [9.17, 15) is 13.2 Å². The molecular weight excluding hydrogens is 416 g/mol. The van der Waals surface area contributed by atoms with Crippen LogP contribution < -0.4 is 9.47 Å². The molecule has 1 amide bonds. The largest absolute Gasteiger partial charge is 0.495 e. The van der Waals surface area contributed by atoms with E-state index in [2.05, 4.69) is 0 Å². The number of benzene rings is 2. The van der Waals surface area contributed by atoms with Crippen molar-refractivity contribution in [1.82, 2.24) is 9.21 Å². The lowest BCUT2D eigenvalue weighted by Crippen LogP contribution is -2.48. The Labute approximate surface area is 183 Å². The Morgan fingerprint density at radius 1 is 1.19 bits per heavy atom. The quantitative estimate of drug-likeness (QED) is 0.685. The van der Waals surface area contributed by atoms with Crippen molar-refractivity contribution < 1.29 is 22.7 Å². The van der Waals surface area contributed by atoms with Gasteiger partial charge in [0.1, 0.15) is 16.4 Å². The van der Waals surface area contributed by atoms with E-state index in [1.54, 1.807) is 40.4 Å². The average molecular weight is 445 g/mol. The van der Waals surface area contributed by atoms with Gasteiger partial charge >= 0.3 is 0 Å². The van der Waals surface area contributed by atoms with E-state index in [0.717, 1.165) is 23.3 Å². The van der Waals surface area contributed by atoms with Gasteiger partial charge in [-0.25, -0.2) is 8.42 Å². The molecule has 2 aliphatic heterocycles. The third kappa shape index (κ3) is 4.41. The Morgan fingerprint density at radius 2 is 1.94 bits per heavy atom. The van der Waals surface area contributed by atoms with Gasteiger partial charge in [-0.1, -0.05) is 24.3 Å². The van der Waals surface area contributed by atoms with Crippen LogP contribution in [0.25, 0.3) is 0 Å². The minimum absolute atomic E-state index is 0.0243. The number of rotatable bonds is 6. The van der Waals surface area contributed by atoms with Gasteiger partial charge in [0.25, 0.3) is 0 Å². The molecule has 0 atom stereocenters. The van der Waals surface area contributed by atoms with Crippen LogP contribution in [0.3, 0.4) is 0 Å². The van der Waals surface area contributed by atoms with Gasteiger partial charge in [-0.2, -0.15) is 4.31 Å². The van der Waals surface area contributed by atoms with Gasteiger partial charge < -0.3 is 14.4 Å². The number of nitrogens with zero attached hydrogens (tertiary/aromatic N) is 2. The number of ether oxygens (including phenoxy) is 2. The molecule has 166 valence electrons. The van der Waals surface area contributed by atoms with Crippen LogP contribution in [0.5, 0.6) is 11.5 Å². The summed E-state index contributed by atoms with van der Waals surface area (Å²) in [5.41, 5.74) is 2.04. The van der Waals surface area contributed by atoms with Gasteiger partial charge in [-0.05, 0) is 42.2 Å². The van der Waals surface area contributed by atoms with Crippen LogP contribution in [0.4, 0.5) is 0 Å². The normalized spacial score (nSPS) is 16.8. The molecular formula is C23H28N2O5S. The molecule has 2 aromatic rings. The Morgan fingerprint density at radius 3 is 2.65 bits per heavy atom. The molecule has 0 bridgehead atoms. The van der Waals surface area contributed by atoms with Gasteiger partial charge in [0.05, 0.1) is 13.7 Å². The molecule has 0 spiro atoms. The summed E-state index contributed by atoms with van der Waals surface area (Å²) < 4.78 is 40.1. The van der Waals surface area contributed by atoms with Crippen molar-refractivity contribution >= 4 is 15.9 Å². The Balaban J connectivity index is 1.68. The van der Waals surface area contributed by atoms with Crippen molar-refractivity contribution in [2.45, 2.75) is 43.7 Å². The second-order valence-electron chi connectivity index (χ2n) is 7.98. The molecule has 1 fully saturated rings. The van der Waals surface area contributed by atoms with Gasteiger partial charge in [0.15, 0.2) is 0 Å². The molecule has 31 heavy (non-hydrogen) atoms. The van der Waals surface area contributed by atoms with Crippen LogP contribution in [0.2, 0.25) is 0 Å². The second-order valence-corrected chi connectivity index (χ2v) is 9.84. The summed E-state index contributed by atoms with van der Waals surface area (Å²) in [4.78, 5) is 13.7. The van der Waals surface area contributed by atoms with Crippen LogP contribution in [0, 0.1) is 0 Å². The van der Waals surface area contributed by atoms with Crippen molar-refractivity contribution in [3.05, 3.63) is 53.6 Å². The first-order valence-electron chi connectivity index (χ1n) is 10.5. The maximum atomic E-state index is 13.8. The molecule has 1 saturated heterocycles. The number of methoxy groups -OCH3 is 1. The first-order chi connectivity index (χ1) is 14.9. The van der Waals surface area contributed by atoms with Gasteiger partial charge in [-0.15, -0.1) is 0 Å². The topological polar surface area (TPSA) is 76.2 Å². The van der Waals surface area contributed by atoms with Crippen LogP contribution in [-0.4, -0.2) is 56.4 Å². The van der Waals surface area contributed by atoms with E-state index in [1.165, 1.54) is 7.11 Å². The molecule has 2 aromatic carbocycles. The third-order valence-corrected chi connectivity index (χ3v) is 8.00. The molecule has 0 radical (unpaired) electrons. The maximum absolute atomic E-state index is 13.8. The van der Waals surface area contributed by atoms with Crippen molar-refractivity contribution in [2.24, 2.45) is 0 Å². The van der Waals surface area contributed by atoms with Crippen molar-refractivity contribution in [3.8, 4) is 11.5 Å². The van der Waals surface area contributed by atoms with E-state index in [4.69, 9.17) is 9.47 Å². The molecule has 0 N–H and O–H groups in total. The molecule has 0 aromatic heterocycles. The Kier molecular flexibility index (Phi) is 6.20. The number of piperidine rings is 1. The Bertz CT molecular complexity index is 1060. The molecule has 2 heterocycles. The van der Waals surface area contributed by atoms with E-state index < -0.39 is 10.0 Å². The van der Waals surface area contributed by atoms with E-state index in [1.807, 2.05) is 18.2 Å². The summed E-state index contributed by atoms with van der Waals surface area (Å²) in [6.45, 7) is 3.58. The highest BCUT2D eigenvalue weighted by Crippen LogP contribution is 2.33. The fraction of sp³-hybridized carbons (Fsp3) is 0.435. The number of likely N-dealkylation sites (tertiary alicyclic amines) is 1. The smallest absolute Gasteiger partial charge is 0.247 e. The molecule has 0 aliphatic carbocycles. The van der Waals surface area contributed by atoms with Crippen molar-refractivity contribution in [3.63, 3.8) is 0 Å². The van der Waals surface area contributed by atoms with Crippen LogP contribution in [0.15, 0.2) is 47.4 Å². The van der Waals surface area contributed by atoms with Crippen molar-refractivity contribution in [2.75, 3.05) is 26.8 Å². The van der Waals surface area contributed by atoms with Gasteiger partial charge in [0.2, 0.25) is 15.9 Å². The Hall–Kier alpha value is -2.58. The number of hydrogen-bond acceptors (Lipinski definition) is 5. The van der Waals surface area contributed by atoms with E-state index >= 15 is 0 Å². The second kappa shape index (κ2) is 8.88. The number of carbonyl (C=O) groups excluding carboxylic acids is 1.